The summed E-state index contributed by atoms with van der Waals surface area (Å²) in [6.45, 7) is 6.12. The summed E-state index contributed by atoms with van der Waals surface area (Å²) in [7, 11) is 1.48. The van der Waals surface area contributed by atoms with Crippen LogP contribution in [-0.2, 0) is 4.79 Å². The number of hydrogen-bond donors (Lipinski definition) is 2. The summed E-state index contributed by atoms with van der Waals surface area (Å²) in [5.74, 6) is -0.451. The van der Waals surface area contributed by atoms with E-state index in [1.807, 2.05) is 0 Å². The Morgan fingerprint density at radius 2 is 2.00 bits per heavy atom. The first-order valence-electron chi connectivity index (χ1n) is 8.24. The number of aliphatic carboxylic acids is 1. The third kappa shape index (κ3) is 6.82. The predicted molar refractivity (Wildman–Crippen MR) is 96.8 cm³/mol. The van der Waals surface area contributed by atoms with E-state index in [-0.39, 0.29) is 12.3 Å². The predicted octanol–water partition coefficient (Wildman–Crippen LogP) is 3.90. The molecule has 0 saturated heterocycles. The molecule has 0 aliphatic heterocycles. The Bertz CT molecular complexity index is 616. The maximum Gasteiger partial charge on any atom is 0.303 e. The molecular weight excluding hydrogens is 346 g/mol. The van der Waals surface area contributed by atoms with Crippen LogP contribution >= 0.6 is 11.6 Å². The van der Waals surface area contributed by atoms with Crippen molar-refractivity contribution in [3.05, 3.63) is 22.7 Å². The Morgan fingerprint density at radius 1 is 1.32 bits per heavy atom. The van der Waals surface area contributed by atoms with Gasteiger partial charge in [-0.3, -0.25) is 9.59 Å². The second-order valence-corrected chi connectivity index (χ2v) is 6.83. The van der Waals surface area contributed by atoms with Crippen LogP contribution in [0.4, 0.5) is 0 Å². The molecule has 0 fully saturated rings. The molecule has 0 heterocycles. The highest BCUT2D eigenvalue weighted by atomic mass is 35.5. The van der Waals surface area contributed by atoms with E-state index in [1.54, 1.807) is 19.9 Å². The van der Waals surface area contributed by atoms with Gasteiger partial charge >= 0.3 is 5.97 Å². The van der Waals surface area contributed by atoms with Crippen LogP contribution in [0.25, 0.3) is 0 Å². The molecule has 0 spiro atoms. The highest BCUT2D eigenvalue weighted by Gasteiger charge is 2.24. The quantitative estimate of drug-likeness (QED) is 0.609. The smallest absolute Gasteiger partial charge is 0.303 e. The van der Waals surface area contributed by atoms with Gasteiger partial charge in [-0.2, -0.15) is 0 Å². The van der Waals surface area contributed by atoms with Gasteiger partial charge in [-0.25, -0.2) is 0 Å². The number of benzene rings is 1. The fourth-order valence-electron chi connectivity index (χ4n) is 2.17. The molecule has 25 heavy (non-hydrogen) atoms. The van der Waals surface area contributed by atoms with Gasteiger partial charge in [0, 0.05) is 17.5 Å². The van der Waals surface area contributed by atoms with Crippen molar-refractivity contribution >= 4 is 23.5 Å². The van der Waals surface area contributed by atoms with Crippen molar-refractivity contribution in [2.45, 2.75) is 52.0 Å². The summed E-state index contributed by atoms with van der Waals surface area (Å²) in [6.07, 6.45) is 2.17. The van der Waals surface area contributed by atoms with Crippen LogP contribution in [0.3, 0.4) is 0 Å². The summed E-state index contributed by atoms with van der Waals surface area (Å²) in [5.41, 5.74) is -0.334. The van der Waals surface area contributed by atoms with Crippen molar-refractivity contribution in [1.29, 1.82) is 0 Å². The van der Waals surface area contributed by atoms with Gasteiger partial charge in [0.1, 0.15) is 0 Å². The normalized spacial score (nSPS) is 11.1. The molecule has 0 saturated carbocycles. The number of carboxylic acid groups (broad SMARTS) is 1. The molecule has 0 aliphatic rings. The number of carbonyl (C=O) groups excluding carboxylic acids is 1. The Morgan fingerprint density at radius 3 is 2.56 bits per heavy atom. The first kappa shape index (κ1) is 21.1. The van der Waals surface area contributed by atoms with Gasteiger partial charge in [0.2, 0.25) is 0 Å². The van der Waals surface area contributed by atoms with E-state index in [0.29, 0.717) is 35.1 Å². The second-order valence-electron chi connectivity index (χ2n) is 6.42. The summed E-state index contributed by atoms with van der Waals surface area (Å²) >= 11 is 6.25. The summed E-state index contributed by atoms with van der Waals surface area (Å²) in [6, 6.07) is 3.09. The summed E-state index contributed by atoms with van der Waals surface area (Å²) < 4.78 is 10.9. The largest absolute Gasteiger partial charge is 0.493 e. The molecule has 0 atom stereocenters. The Labute approximate surface area is 153 Å². The number of carbonyl (C=O) groups is 2. The van der Waals surface area contributed by atoms with E-state index in [4.69, 9.17) is 26.2 Å². The number of nitrogens with one attached hydrogen (secondary N) is 1. The Kier molecular flexibility index (Phi) is 8.03. The first-order chi connectivity index (χ1) is 11.7. The SMILES string of the molecule is CCCCOc1c(Cl)cc(C(=O)NC(C)(C)CCC(=O)O)cc1OC. The third-order valence-corrected chi connectivity index (χ3v) is 3.93. The molecule has 1 amide bonds. The topological polar surface area (TPSA) is 84.9 Å². The summed E-state index contributed by atoms with van der Waals surface area (Å²) in [5, 5.41) is 11.9. The number of methoxy groups -OCH3 is 1. The van der Waals surface area contributed by atoms with Crippen LogP contribution in [0, 0.1) is 0 Å². The lowest BCUT2D eigenvalue weighted by molar-refractivity contribution is -0.137. The number of halogens is 1. The van der Waals surface area contributed by atoms with Crippen molar-refractivity contribution in [2.24, 2.45) is 0 Å². The van der Waals surface area contributed by atoms with Crippen molar-refractivity contribution in [1.82, 2.24) is 5.32 Å². The zero-order valence-electron chi connectivity index (χ0n) is 15.1. The molecule has 0 aliphatic carbocycles. The molecular formula is C18H26ClNO5. The highest BCUT2D eigenvalue weighted by molar-refractivity contribution is 6.32. The van der Waals surface area contributed by atoms with Gasteiger partial charge in [0.05, 0.1) is 18.7 Å². The zero-order chi connectivity index (χ0) is 19.0. The Hall–Kier alpha value is -1.95. The average Bonchev–Trinajstić information content (AvgIpc) is 2.53. The van der Waals surface area contributed by atoms with Gasteiger partial charge in [0.15, 0.2) is 11.5 Å². The maximum atomic E-state index is 12.5. The molecule has 1 rings (SSSR count). The highest BCUT2D eigenvalue weighted by Crippen LogP contribution is 2.36. The van der Waals surface area contributed by atoms with Crippen molar-refractivity contribution < 1.29 is 24.2 Å². The Balaban J connectivity index is 2.92. The van der Waals surface area contributed by atoms with E-state index in [2.05, 4.69) is 12.2 Å². The first-order valence-corrected chi connectivity index (χ1v) is 8.62. The minimum Gasteiger partial charge on any atom is -0.493 e. The van der Waals surface area contributed by atoms with Crippen molar-refractivity contribution in [3.8, 4) is 11.5 Å². The number of amides is 1. The van der Waals surface area contributed by atoms with Gasteiger partial charge in [-0.05, 0) is 38.8 Å². The lowest BCUT2D eigenvalue weighted by Gasteiger charge is -2.26. The molecule has 1 aromatic rings. The monoisotopic (exact) mass is 371 g/mol. The fraction of sp³-hybridized carbons (Fsp3) is 0.556. The van der Waals surface area contributed by atoms with Gasteiger partial charge in [-0.1, -0.05) is 24.9 Å². The van der Waals surface area contributed by atoms with Crippen LogP contribution in [0.5, 0.6) is 11.5 Å². The van der Waals surface area contributed by atoms with E-state index in [9.17, 15) is 9.59 Å². The fourth-order valence-corrected chi connectivity index (χ4v) is 2.44. The van der Waals surface area contributed by atoms with Gasteiger partial charge in [-0.15, -0.1) is 0 Å². The van der Waals surface area contributed by atoms with E-state index in [0.717, 1.165) is 12.8 Å². The van der Waals surface area contributed by atoms with Crippen molar-refractivity contribution in [3.63, 3.8) is 0 Å². The van der Waals surface area contributed by atoms with Crippen molar-refractivity contribution in [2.75, 3.05) is 13.7 Å². The number of unbranched alkanes of at least 4 members (excludes halogenated alkanes) is 1. The lowest BCUT2D eigenvalue weighted by Crippen LogP contribution is -2.43. The second kappa shape index (κ2) is 9.51. The minimum atomic E-state index is -0.902. The number of rotatable bonds is 10. The van der Waals surface area contributed by atoms with Crippen LogP contribution in [-0.4, -0.2) is 36.2 Å². The van der Waals surface area contributed by atoms with Crippen LogP contribution in [0.1, 0.15) is 56.8 Å². The molecule has 1 aromatic carbocycles. The minimum absolute atomic E-state index is 0.0262. The average molecular weight is 372 g/mol. The van der Waals surface area contributed by atoms with Gasteiger partial charge in [0.25, 0.3) is 5.91 Å². The molecule has 2 N–H and O–H groups in total. The van der Waals surface area contributed by atoms with E-state index >= 15 is 0 Å². The lowest BCUT2D eigenvalue weighted by atomic mass is 9.97. The zero-order valence-corrected chi connectivity index (χ0v) is 15.9. The molecule has 0 unspecified atom stereocenters. The maximum absolute atomic E-state index is 12.5. The molecule has 7 heteroatoms. The van der Waals surface area contributed by atoms with Gasteiger partial charge < -0.3 is 19.9 Å². The number of ether oxygens (including phenoxy) is 2. The number of hydrogen-bond acceptors (Lipinski definition) is 4. The third-order valence-electron chi connectivity index (χ3n) is 3.65. The molecule has 0 radical (unpaired) electrons. The molecule has 0 aromatic heterocycles. The van der Waals surface area contributed by atoms with Crippen LogP contribution in [0.2, 0.25) is 5.02 Å². The molecule has 140 valence electrons. The van der Waals surface area contributed by atoms with Crippen LogP contribution < -0.4 is 14.8 Å². The van der Waals surface area contributed by atoms with Crippen LogP contribution in [0.15, 0.2) is 12.1 Å². The van der Waals surface area contributed by atoms with E-state index < -0.39 is 11.5 Å². The summed E-state index contributed by atoms with van der Waals surface area (Å²) in [4.78, 5) is 23.2. The number of carboxylic acids is 1. The molecule has 0 bridgehead atoms. The van der Waals surface area contributed by atoms with E-state index in [1.165, 1.54) is 13.2 Å². The standard InChI is InChI=1S/C18H26ClNO5/c1-5-6-9-25-16-13(19)10-12(11-14(16)24-4)17(23)20-18(2,3)8-7-15(21)22/h10-11H,5-9H2,1-4H3,(H,20,23)(H,21,22). The molecule has 6 nitrogen and oxygen atoms in total.